The monoisotopic (exact) mass is 390 g/mol. The quantitative estimate of drug-likeness (QED) is 0.522. The van der Waals surface area contributed by atoms with Crippen LogP contribution in [0, 0.1) is 0 Å². The Morgan fingerprint density at radius 2 is 1.39 bits per heavy atom. The van der Waals surface area contributed by atoms with Crippen LogP contribution in [0.15, 0.2) is 60.7 Å². The molecule has 152 valence electrons. The smallest absolute Gasteiger partial charge is 0.184 e. The van der Waals surface area contributed by atoms with E-state index in [9.17, 15) is 20.4 Å². The molecule has 1 saturated heterocycles. The van der Waals surface area contributed by atoms with E-state index in [0.717, 1.165) is 11.1 Å². The summed E-state index contributed by atoms with van der Waals surface area (Å²) in [5.41, 5.74) is 1.78. The van der Waals surface area contributed by atoms with Crippen molar-refractivity contribution >= 4 is 0 Å². The second-order valence-electron chi connectivity index (χ2n) is 6.75. The van der Waals surface area contributed by atoms with Crippen LogP contribution in [-0.4, -0.2) is 63.8 Å². The van der Waals surface area contributed by atoms with Gasteiger partial charge in [0, 0.05) is 0 Å². The topological polar surface area (TPSA) is 109 Å². The summed E-state index contributed by atoms with van der Waals surface area (Å²) in [5, 5.41) is 40.2. The molecule has 1 aliphatic heterocycles. The van der Waals surface area contributed by atoms with Gasteiger partial charge in [0.15, 0.2) is 6.29 Å². The van der Waals surface area contributed by atoms with Crippen LogP contribution in [0.3, 0.4) is 0 Å². The molecule has 2 unspecified atom stereocenters. The highest BCUT2D eigenvalue weighted by Crippen LogP contribution is 2.27. The van der Waals surface area contributed by atoms with Gasteiger partial charge >= 0.3 is 0 Å². The van der Waals surface area contributed by atoms with Gasteiger partial charge in [0.1, 0.15) is 30.5 Å². The van der Waals surface area contributed by atoms with Crippen molar-refractivity contribution in [3.8, 4) is 0 Å². The van der Waals surface area contributed by atoms with E-state index in [0.29, 0.717) is 0 Å². The number of benzene rings is 2. The van der Waals surface area contributed by atoms with Crippen LogP contribution in [0.1, 0.15) is 11.1 Å². The first-order valence-electron chi connectivity index (χ1n) is 9.21. The third-order valence-corrected chi connectivity index (χ3v) is 4.74. The lowest BCUT2D eigenvalue weighted by Crippen LogP contribution is -2.62. The summed E-state index contributed by atoms with van der Waals surface area (Å²) in [6.07, 6.45) is -7.35. The molecule has 2 aromatic rings. The van der Waals surface area contributed by atoms with Crippen LogP contribution >= 0.6 is 0 Å². The summed E-state index contributed by atoms with van der Waals surface area (Å²) >= 11 is 0. The van der Waals surface area contributed by atoms with Gasteiger partial charge in [-0.15, -0.1) is 0 Å². The summed E-state index contributed by atoms with van der Waals surface area (Å²) in [4.78, 5) is 0. The van der Waals surface area contributed by atoms with Crippen LogP contribution in [0.4, 0.5) is 0 Å². The Morgan fingerprint density at radius 1 is 0.821 bits per heavy atom. The van der Waals surface area contributed by atoms with Crippen LogP contribution in [0.2, 0.25) is 0 Å². The van der Waals surface area contributed by atoms with E-state index >= 15 is 0 Å². The highest BCUT2D eigenvalue weighted by atomic mass is 16.7. The minimum Gasteiger partial charge on any atom is -0.394 e. The first kappa shape index (κ1) is 20.9. The molecule has 2 aromatic carbocycles. The molecule has 7 heteroatoms. The van der Waals surface area contributed by atoms with Crippen molar-refractivity contribution in [2.45, 2.75) is 50.0 Å². The van der Waals surface area contributed by atoms with E-state index in [1.54, 1.807) is 0 Å². The Bertz CT molecular complexity index is 696. The van der Waals surface area contributed by atoms with Crippen molar-refractivity contribution in [3.05, 3.63) is 71.8 Å². The number of aliphatic hydroxyl groups excluding tert-OH is 4. The zero-order valence-electron chi connectivity index (χ0n) is 15.4. The van der Waals surface area contributed by atoms with Gasteiger partial charge in [-0.25, -0.2) is 0 Å². The molecular formula is C21H26O7. The maximum absolute atomic E-state index is 10.4. The second kappa shape index (κ2) is 10.1. The number of ether oxygens (including phenoxy) is 3. The maximum Gasteiger partial charge on any atom is 0.184 e. The molecule has 0 saturated carbocycles. The SMILES string of the molecule is OC[C@@H](OCc1ccccc1)C1OC(O)[C@@H](O)[C@@H](O)[C@@H]1OCc1ccccc1. The lowest BCUT2D eigenvalue weighted by molar-refractivity contribution is -0.311. The first-order chi connectivity index (χ1) is 13.6. The lowest BCUT2D eigenvalue weighted by atomic mass is 9.95. The molecule has 1 aliphatic rings. The van der Waals surface area contributed by atoms with E-state index in [-0.39, 0.29) is 13.2 Å². The predicted molar refractivity (Wildman–Crippen MR) is 100 cm³/mol. The van der Waals surface area contributed by atoms with E-state index in [1.807, 2.05) is 60.7 Å². The lowest BCUT2D eigenvalue weighted by Gasteiger charge is -2.43. The average molecular weight is 390 g/mol. The molecule has 0 spiro atoms. The van der Waals surface area contributed by atoms with Gasteiger partial charge in [0.05, 0.1) is 19.8 Å². The Balaban J connectivity index is 1.71. The summed E-state index contributed by atoms with van der Waals surface area (Å²) in [6, 6.07) is 18.7. The van der Waals surface area contributed by atoms with E-state index in [2.05, 4.69) is 0 Å². The minimum atomic E-state index is -1.61. The molecule has 1 fully saturated rings. The molecule has 1 heterocycles. The Morgan fingerprint density at radius 3 is 1.96 bits per heavy atom. The largest absolute Gasteiger partial charge is 0.394 e. The van der Waals surface area contributed by atoms with Gasteiger partial charge in [-0.05, 0) is 11.1 Å². The zero-order valence-corrected chi connectivity index (χ0v) is 15.4. The molecule has 6 atom stereocenters. The number of rotatable bonds is 8. The third-order valence-electron chi connectivity index (χ3n) is 4.74. The van der Waals surface area contributed by atoms with Gasteiger partial charge in [-0.3, -0.25) is 0 Å². The van der Waals surface area contributed by atoms with Crippen molar-refractivity contribution in [1.82, 2.24) is 0 Å². The van der Waals surface area contributed by atoms with Gasteiger partial charge in [0.2, 0.25) is 0 Å². The van der Waals surface area contributed by atoms with E-state index < -0.39 is 43.4 Å². The van der Waals surface area contributed by atoms with Gasteiger partial charge in [-0.2, -0.15) is 0 Å². The minimum absolute atomic E-state index is 0.169. The van der Waals surface area contributed by atoms with Gasteiger partial charge in [0.25, 0.3) is 0 Å². The van der Waals surface area contributed by atoms with Crippen molar-refractivity contribution in [2.24, 2.45) is 0 Å². The molecule has 28 heavy (non-hydrogen) atoms. The summed E-state index contributed by atoms with van der Waals surface area (Å²) in [6.45, 7) is -0.0214. The standard InChI is InChI=1S/C21H26O7/c22-11-16(26-12-14-7-3-1-4-8-14)19-20(17(23)18(24)21(25)28-19)27-13-15-9-5-2-6-10-15/h1-10,16-25H,11-13H2/t16-,17-,18+,19?,20+,21?/m1/s1. The molecular weight excluding hydrogens is 364 g/mol. The summed E-state index contributed by atoms with van der Waals surface area (Å²) in [7, 11) is 0. The van der Waals surface area contributed by atoms with Crippen LogP contribution < -0.4 is 0 Å². The molecule has 7 nitrogen and oxygen atoms in total. The number of hydrogen-bond acceptors (Lipinski definition) is 7. The molecule has 3 rings (SSSR count). The average Bonchev–Trinajstić information content (AvgIpc) is 2.73. The van der Waals surface area contributed by atoms with Crippen molar-refractivity contribution in [2.75, 3.05) is 6.61 Å². The van der Waals surface area contributed by atoms with Gasteiger partial charge < -0.3 is 34.6 Å². The zero-order chi connectivity index (χ0) is 19.9. The van der Waals surface area contributed by atoms with E-state index in [4.69, 9.17) is 14.2 Å². The fourth-order valence-electron chi connectivity index (χ4n) is 3.16. The molecule has 0 aromatic heterocycles. The normalized spacial score (nSPS) is 28.8. The predicted octanol–water partition coefficient (Wildman–Crippen LogP) is 0.588. The number of hydrogen-bond donors (Lipinski definition) is 4. The molecule has 4 N–H and O–H groups in total. The van der Waals surface area contributed by atoms with Crippen LogP contribution in [0.25, 0.3) is 0 Å². The summed E-state index contributed by atoms with van der Waals surface area (Å²) in [5.74, 6) is 0. The van der Waals surface area contributed by atoms with Crippen molar-refractivity contribution < 1.29 is 34.6 Å². The highest BCUT2D eigenvalue weighted by Gasteiger charge is 2.48. The fourth-order valence-corrected chi connectivity index (χ4v) is 3.16. The highest BCUT2D eigenvalue weighted by molar-refractivity contribution is 5.14. The first-order valence-corrected chi connectivity index (χ1v) is 9.21. The van der Waals surface area contributed by atoms with Gasteiger partial charge in [-0.1, -0.05) is 60.7 Å². The van der Waals surface area contributed by atoms with Crippen LogP contribution in [-0.2, 0) is 27.4 Å². The molecule has 0 bridgehead atoms. The Labute approximate surface area is 163 Å². The third kappa shape index (κ3) is 5.15. The van der Waals surface area contributed by atoms with Crippen molar-refractivity contribution in [1.29, 1.82) is 0 Å². The fraction of sp³-hybridized carbons (Fsp3) is 0.429. The molecule has 0 amide bonds. The Hall–Kier alpha value is -1.84. The number of aliphatic hydroxyl groups is 4. The second-order valence-corrected chi connectivity index (χ2v) is 6.75. The molecule has 0 radical (unpaired) electrons. The van der Waals surface area contributed by atoms with Crippen molar-refractivity contribution in [3.63, 3.8) is 0 Å². The maximum atomic E-state index is 10.4. The summed E-state index contributed by atoms with van der Waals surface area (Å²) < 4.78 is 17.0. The molecule has 0 aliphatic carbocycles. The Kier molecular flexibility index (Phi) is 7.52. The van der Waals surface area contributed by atoms with E-state index in [1.165, 1.54) is 0 Å². The van der Waals surface area contributed by atoms with Crippen LogP contribution in [0.5, 0.6) is 0 Å².